The molecule has 33 heavy (non-hydrogen) atoms. The Kier molecular flexibility index (Phi) is 6.65. The number of benzene rings is 1. The molecule has 7 nitrogen and oxygen atoms in total. The van der Waals surface area contributed by atoms with Crippen molar-refractivity contribution in [3.05, 3.63) is 47.2 Å². The van der Waals surface area contributed by atoms with Gasteiger partial charge in [0.15, 0.2) is 0 Å². The average Bonchev–Trinajstić information content (AvgIpc) is 2.88. The topological polar surface area (TPSA) is 64.6 Å². The first-order chi connectivity index (χ1) is 16.2. The van der Waals surface area contributed by atoms with Crippen LogP contribution in [-0.4, -0.2) is 53.6 Å². The minimum atomic E-state index is -0.0113. The minimum Gasteiger partial charge on any atom is -0.356 e. The lowest BCUT2D eigenvalue weighted by molar-refractivity contribution is 0.191. The summed E-state index contributed by atoms with van der Waals surface area (Å²) in [7, 11) is 0. The molecule has 2 amide bonds. The number of nitrogens with zero attached hydrogens (tertiary/aromatic N) is 5. The van der Waals surface area contributed by atoms with E-state index in [1.165, 1.54) is 32.1 Å². The molecular weight excluding hydrogens is 412 g/mol. The molecule has 0 radical (unpaired) electrons. The number of urea groups is 1. The number of nitrogens with one attached hydrogen (secondary N) is 1. The summed E-state index contributed by atoms with van der Waals surface area (Å²) >= 11 is 0. The molecule has 0 saturated carbocycles. The summed E-state index contributed by atoms with van der Waals surface area (Å²) in [5.74, 6) is 2.72. The first kappa shape index (κ1) is 22.0. The second-order valence-electron chi connectivity index (χ2n) is 9.81. The summed E-state index contributed by atoms with van der Waals surface area (Å²) in [4.78, 5) is 29.9. The number of piperidine rings is 2. The first-order valence-corrected chi connectivity index (χ1v) is 12.6. The largest absolute Gasteiger partial charge is 0.356 e. The van der Waals surface area contributed by atoms with Crippen molar-refractivity contribution < 1.29 is 4.79 Å². The number of amides is 2. The highest BCUT2D eigenvalue weighted by atomic mass is 16.2. The Morgan fingerprint density at radius 2 is 1.73 bits per heavy atom. The summed E-state index contributed by atoms with van der Waals surface area (Å²) in [5, 5.41) is 3.09. The van der Waals surface area contributed by atoms with Crippen LogP contribution in [0.2, 0.25) is 0 Å². The van der Waals surface area contributed by atoms with Crippen LogP contribution in [0.3, 0.4) is 0 Å². The summed E-state index contributed by atoms with van der Waals surface area (Å²) < 4.78 is 0. The molecule has 4 heterocycles. The molecule has 3 aliphatic heterocycles. The van der Waals surface area contributed by atoms with E-state index < -0.39 is 0 Å². The zero-order valence-corrected chi connectivity index (χ0v) is 19.8. The van der Waals surface area contributed by atoms with Gasteiger partial charge in [0.05, 0.1) is 12.2 Å². The number of hydrogen-bond donors (Lipinski definition) is 1. The molecule has 2 saturated heterocycles. The maximum atomic E-state index is 13.0. The molecule has 176 valence electrons. The number of hydrogen-bond acceptors (Lipinski definition) is 5. The molecule has 7 heteroatoms. The quantitative estimate of drug-likeness (QED) is 0.767. The fraction of sp³-hybridized carbons (Fsp3) is 0.577. The predicted octanol–water partition coefficient (Wildman–Crippen LogP) is 3.97. The molecule has 0 unspecified atom stereocenters. The van der Waals surface area contributed by atoms with Crippen LogP contribution in [0.4, 0.5) is 16.6 Å². The van der Waals surface area contributed by atoms with Crippen LogP contribution >= 0.6 is 0 Å². The van der Waals surface area contributed by atoms with Gasteiger partial charge in [-0.15, -0.1) is 0 Å². The molecule has 2 fully saturated rings. The van der Waals surface area contributed by atoms with Crippen LogP contribution in [-0.2, 0) is 19.5 Å². The molecular formula is C26H36N6O. The zero-order valence-electron chi connectivity index (χ0n) is 19.8. The van der Waals surface area contributed by atoms with Gasteiger partial charge in [0.2, 0.25) is 5.95 Å². The standard InChI is InChI=1S/C26H36N6O/c1-20-10-15-30(16-11-20)24-22-19-32(26(33)27-18-21-8-4-2-5-9-21)17-12-23(22)28-25(29-24)31-13-6-3-7-14-31/h2,4-5,8-9,20H,3,6-7,10-19H2,1H3,(H,27,33). The van der Waals surface area contributed by atoms with Gasteiger partial charge in [0, 0.05) is 51.3 Å². The highest BCUT2D eigenvalue weighted by Gasteiger charge is 2.30. The Hall–Kier alpha value is -2.83. The van der Waals surface area contributed by atoms with Crippen LogP contribution in [0.15, 0.2) is 30.3 Å². The van der Waals surface area contributed by atoms with Crippen LogP contribution in [0, 0.1) is 5.92 Å². The van der Waals surface area contributed by atoms with Crippen LogP contribution < -0.4 is 15.1 Å². The van der Waals surface area contributed by atoms with Crippen molar-refractivity contribution in [2.24, 2.45) is 5.92 Å². The molecule has 2 aromatic rings. The van der Waals surface area contributed by atoms with Gasteiger partial charge in [-0.2, -0.15) is 4.98 Å². The Bertz CT molecular complexity index is 951. The molecule has 3 aliphatic rings. The van der Waals surface area contributed by atoms with Gasteiger partial charge in [-0.3, -0.25) is 0 Å². The van der Waals surface area contributed by atoms with E-state index in [0.29, 0.717) is 19.6 Å². The second-order valence-corrected chi connectivity index (χ2v) is 9.81. The van der Waals surface area contributed by atoms with Gasteiger partial charge < -0.3 is 20.0 Å². The number of carbonyl (C=O) groups excluding carboxylic acids is 1. The molecule has 0 aliphatic carbocycles. The van der Waals surface area contributed by atoms with Crippen molar-refractivity contribution >= 4 is 17.8 Å². The lowest BCUT2D eigenvalue weighted by Crippen LogP contribution is -2.44. The van der Waals surface area contributed by atoms with E-state index in [9.17, 15) is 4.79 Å². The summed E-state index contributed by atoms with van der Waals surface area (Å²) in [6, 6.07) is 10.1. The molecule has 0 bridgehead atoms. The van der Waals surface area contributed by atoms with E-state index in [1.54, 1.807) is 0 Å². The fourth-order valence-corrected chi connectivity index (χ4v) is 5.16. The maximum absolute atomic E-state index is 13.0. The number of fused-ring (bicyclic) bond motifs is 1. The average molecular weight is 449 g/mol. The summed E-state index contributed by atoms with van der Waals surface area (Å²) in [5.41, 5.74) is 3.39. The monoisotopic (exact) mass is 448 g/mol. The zero-order chi connectivity index (χ0) is 22.6. The van der Waals surface area contributed by atoms with Gasteiger partial charge in [-0.25, -0.2) is 9.78 Å². The number of anilines is 2. The Labute approximate surface area is 197 Å². The minimum absolute atomic E-state index is 0.0113. The van der Waals surface area contributed by atoms with Crippen molar-refractivity contribution in [3.8, 4) is 0 Å². The SMILES string of the molecule is CC1CCN(c2nc(N3CCCCC3)nc3c2CN(C(=O)NCc2ccccc2)CC3)CC1. The van der Waals surface area contributed by atoms with Crippen LogP contribution in [0.1, 0.15) is 55.8 Å². The normalized spacial score (nSPS) is 19.4. The lowest BCUT2D eigenvalue weighted by atomic mass is 9.98. The van der Waals surface area contributed by atoms with Gasteiger partial charge in [0.1, 0.15) is 5.82 Å². The van der Waals surface area contributed by atoms with E-state index in [2.05, 4.69) is 22.0 Å². The van der Waals surface area contributed by atoms with Crippen LogP contribution in [0.25, 0.3) is 0 Å². The molecule has 1 aromatic heterocycles. The summed E-state index contributed by atoms with van der Waals surface area (Å²) in [6.07, 6.45) is 6.90. The highest BCUT2D eigenvalue weighted by molar-refractivity contribution is 5.75. The Morgan fingerprint density at radius 3 is 2.48 bits per heavy atom. The third-order valence-electron chi connectivity index (χ3n) is 7.32. The van der Waals surface area contributed by atoms with E-state index in [0.717, 1.165) is 67.1 Å². The Morgan fingerprint density at radius 1 is 0.970 bits per heavy atom. The van der Waals surface area contributed by atoms with E-state index in [-0.39, 0.29) is 6.03 Å². The van der Waals surface area contributed by atoms with Gasteiger partial charge in [-0.1, -0.05) is 37.3 Å². The maximum Gasteiger partial charge on any atom is 0.317 e. The van der Waals surface area contributed by atoms with Crippen molar-refractivity contribution in [1.29, 1.82) is 0 Å². The van der Waals surface area contributed by atoms with Gasteiger partial charge in [0.25, 0.3) is 0 Å². The highest BCUT2D eigenvalue weighted by Crippen LogP contribution is 2.32. The van der Waals surface area contributed by atoms with Crippen molar-refractivity contribution in [2.45, 2.75) is 58.5 Å². The van der Waals surface area contributed by atoms with E-state index >= 15 is 0 Å². The third kappa shape index (κ3) is 5.07. The number of rotatable bonds is 4. The fourth-order valence-electron chi connectivity index (χ4n) is 5.16. The van der Waals surface area contributed by atoms with Gasteiger partial charge >= 0.3 is 6.03 Å². The number of aromatic nitrogens is 2. The smallest absolute Gasteiger partial charge is 0.317 e. The molecule has 1 N–H and O–H groups in total. The van der Waals surface area contributed by atoms with Crippen molar-refractivity contribution in [1.82, 2.24) is 20.2 Å². The van der Waals surface area contributed by atoms with Crippen molar-refractivity contribution in [3.63, 3.8) is 0 Å². The Balaban J connectivity index is 1.36. The first-order valence-electron chi connectivity index (χ1n) is 12.6. The summed E-state index contributed by atoms with van der Waals surface area (Å²) in [6.45, 7) is 8.31. The molecule has 1 aromatic carbocycles. The van der Waals surface area contributed by atoms with E-state index in [1.807, 2.05) is 35.2 Å². The van der Waals surface area contributed by atoms with E-state index in [4.69, 9.17) is 9.97 Å². The third-order valence-corrected chi connectivity index (χ3v) is 7.32. The van der Waals surface area contributed by atoms with Crippen molar-refractivity contribution in [2.75, 3.05) is 42.5 Å². The number of carbonyl (C=O) groups is 1. The molecule has 0 spiro atoms. The second kappa shape index (κ2) is 9.98. The molecule has 5 rings (SSSR count). The van der Waals surface area contributed by atoms with Gasteiger partial charge in [-0.05, 0) is 43.6 Å². The molecule has 0 atom stereocenters. The van der Waals surface area contributed by atoms with Crippen LogP contribution in [0.5, 0.6) is 0 Å². The predicted molar refractivity (Wildman–Crippen MR) is 131 cm³/mol. The lowest BCUT2D eigenvalue weighted by Gasteiger charge is -2.37.